The first-order valence-corrected chi connectivity index (χ1v) is 6.58. The minimum Gasteiger partial charge on any atom is -0.506 e. The average molecular weight is 307 g/mol. The van der Waals surface area contributed by atoms with Crippen molar-refractivity contribution < 1.29 is 5.11 Å². The molecule has 4 heteroatoms. The van der Waals surface area contributed by atoms with Gasteiger partial charge in [-0.25, -0.2) is 0 Å². The lowest BCUT2D eigenvalue weighted by atomic mass is 10.1. The molecule has 0 aliphatic heterocycles. The van der Waals surface area contributed by atoms with Crippen LogP contribution in [0.1, 0.15) is 24.2 Å². The van der Waals surface area contributed by atoms with Crippen LogP contribution in [-0.2, 0) is 6.54 Å². The molecule has 0 saturated heterocycles. The van der Waals surface area contributed by atoms with Crippen molar-refractivity contribution in [2.24, 2.45) is 0 Å². The Morgan fingerprint density at radius 2 is 2.06 bits per heavy atom. The Morgan fingerprint density at radius 3 is 2.72 bits per heavy atom. The molecule has 0 aliphatic rings. The zero-order chi connectivity index (χ0) is 13.0. The second kappa shape index (κ2) is 5.98. The van der Waals surface area contributed by atoms with Crippen molar-refractivity contribution >= 4 is 15.9 Å². The molecule has 2 aromatic rings. The summed E-state index contributed by atoms with van der Waals surface area (Å²) in [5, 5.41) is 12.6. The lowest BCUT2D eigenvalue weighted by molar-refractivity contribution is 0.471. The molecule has 2 N–H and O–H groups in total. The highest BCUT2D eigenvalue weighted by atomic mass is 79.9. The summed E-state index contributed by atoms with van der Waals surface area (Å²) >= 11 is 3.54. The van der Waals surface area contributed by atoms with Crippen LogP contribution in [0, 0.1) is 0 Å². The van der Waals surface area contributed by atoms with Gasteiger partial charge < -0.3 is 10.4 Å². The van der Waals surface area contributed by atoms with Gasteiger partial charge in [-0.2, -0.15) is 0 Å². The lowest BCUT2D eigenvalue weighted by Gasteiger charge is -2.15. The Morgan fingerprint density at radius 1 is 1.28 bits per heavy atom. The van der Waals surface area contributed by atoms with Gasteiger partial charge in [-0.05, 0) is 30.7 Å². The number of halogens is 1. The van der Waals surface area contributed by atoms with E-state index >= 15 is 0 Å². The Kier molecular flexibility index (Phi) is 4.33. The quantitative estimate of drug-likeness (QED) is 0.910. The highest BCUT2D eigenvalue weighted by Crippen LogP contribution is 2.22. The third kappa shape index (κ3) is 3.31. The number of rotatable bonds is 4. The summed E-state index contributed by atoms with van der Waals surface area (Å²) in [5.74, 6) is 0.192. The minimum atomic E-state index is 0.192. The van der Waals surface area contributed by atoms with E-state index in [1.54, 1.807) is 6.07 Å². The Labute approximate surface area is 115 Å². The largest absolute Gasteiger partial charge is 0.506 e. The van der Waals surface area contributed by atoms with E-state index in [-0.39, 0.29) is 11.8 Å². The van der Waals surface area contributed by atoms with Crippen LogP contribution in [0.25, 0.3) is 0 Å². The predicted molar refractivity (Wildman–Crippen MR) is 75.3 cm³/mol. The van der Waals surface area contributed by atoms with Gasteiger partial charge in [0, 0.05) is 17.1 Å². The van der Waals surface area contributed by atoms with Crippen LogP contribution in [0.3, 0.4) is 0 Å². The van der Waals surface area contributed by atoms with E-state index < -0.39 is 0 Å². The van der Waals surface area contributed by atoms with E-state index in [2.05, 4.69) is 39.2 Å². The van der Waals surface area contributed by atoms with Crippen LogP contribution >= 0.6 is 15.9 Å². The van der Waals surface area contributed by atoms with Crippen molar-refractivity contribution in [2.45, 2.75) is 19.5 Å². The van der Waals surface area contributed by atoms with Gasteiger partial charge in [0.2, 0.25) is 0 Å². The summed E-state index contributed by atoms with van der Waals surface area (Å²) < 4.78 is 1.10. The molecule has 1 atom stereocenters. The zero-order valence-electron chi connectivity index (χ0n) is 10.1. The van der Waals surface area contributed by atoms with Crippen molar-refractivity contribution in [3.05, 3.63) is 58.3 Å². The molecule has 18 heavy (non-hydrogen) atoms. The van der Waals surface area contributed by atoms with Crippen LogP contribution in [0.5, 0.6) is 5.75 Å². The summed E-state index contributed by atoms with van der Waals surface area (Å²) in [6.07, 6.45) is 1.46. The van der Waals surface area contributed by atoms with Crippen LogP contribution in [0.4, 0.5) is 0 Å². The number of hydrogen-bond donors (Lipinski definition) is 2. The van der Waals surface area contributed by atoms with Gasteiger partial charge >= 0.3 is 0 Å². The fraction of sp³-hybridized carbons (Fsp3) is 0.214. The van der Waals surface area contributed by atoms with Crippen molar-refractivity contribution in [1.82, 2.24) is 10.3 Å². The minimum absolute atomic E-state index is 0.192. The van der Waals surface area contributed by atoms with Gasteiger partial charge in [0.15, 0.2) is 0 Å². The van der Waals surface area contributed by atoms with E-state index in [0.29, 0.717) is 6.54 Å². The second-order valence-corrected chi connectivity index (χ2v) is 4.99. The molecule has 0 unspecified atom stereocenters. The topological polar surface area (TPSA) is 45.1 Å². The number of nitrogens with zero attached hydrogens (tertiary/aromatic N) is 1. The van der Waals surface area contributed by atoms with E-state index in [1.807, 2.05) is 24.3 Å². The summed E-state index contributed by atoms with van der Waals surface area (Å²) in [4.78, 5) is 4.14. The molecule has 94 valence electrons. The van der Waals surface area contributed by atoms with Crippen molar-refractivity contribution in [3.63, 3.8) is 0 Å². The fourth-order valence-corrected chi connectivity index (χ4v) is 2.34. The first-order chi connectivity index (χ1) is 8.66. The Balaban J connectivity index is 1.98. The van der Waals surface area contributed by atoms with E-state index in [4.69, 9.17) is 5.11 Å². The smallest absolute Gasteiger partial charge is 0.133 e. The molecule has 0 bridgehead atoms. The highest BCUT2D eigenvalue weighted by molar-refractivity contribution is 9.10. The van der Waals surface area contributed by atoms with Crippen molar-refractivity contribution in [3.8, 4) is 5.75 Å². The van der Waals surface area contributed by atoms with Crippen LogP contribution in [0.15, 0.2) is 47.1 Å². The molecule has 0 aliphatic carbocycles. The maximum absolute atomic E-state index is 9.16. The number of aromatic nitrogens is 1. The SMILES string of the molecule is C[C@H](NCc1ccc(O)cn1)c1ccccc1Br. The fourth-order valence-electron chi connectivity index (χ4n) is 1.72. The summed E-state index contributed by atoms with van der Waals surface area (Å²) in [6, 6.07) is 11.8. The molecule has 0 amide bonds. The second-order valence-electron chi connectivity index (χ2n) is 4.13. The molecule has 0 spiro atoms. The van der Waals surface area contributed by atoms with Gasteiger partial charge in [-0.15, -0.1) is 0 Å². The molecule has 3 nitrogen and oxygen atoms in total. The number of nitrogens with one attached hydrogen (secondary N) is 1. The molecular weight excluding hydrogens is 292 g/mol. The van der Waals surface area contributed by atoms with Gasteiger partial charge in [-0.3, -0.25) is 4.98 Å². The first-order valence-electron chi connectivity index (χ1n) is 5.78. The van der Waals surface area contributed by atoms with E-state index in [1.165, 1.54) is 11.8 Å². The predicted octanol–water partition coefficient (Wildman–Crippen LogP) is 3.40. The molecule has 0 saturated carbocycles. The average Bonchev–Trinajstić information content (AvgIpc) is 2.38. The highest BCUT2D eigenvalue weighted by Gasteiger charge is 2.08. The van der Waals surface area contributed by atoms with E-state index in [9.17, 15) is 0 Å². The summed E-state index contributed by atoms with van der Waals surface area (Å²) in [6.45, 7) is 2.78. The Bertz CT molecular complexity index is 513. The molecular formula is C14H15BrN2O. The molecule has 1 aromatic heterocycles. The number of hydrogen-bond acceptors (Lipinski definition) is 3. The molecule has 2 rings (SSSR count). The van der Waals surface area contributed by atoms with Gasteiger partial charge in [0.1, 0.15) is 5.75 Å². The number of benzene rings is 1. The molecule has 0 fully saturated rings. The number of pyridine rings is 1. The van der Waals surface area contributed by atoms with E-state index in [0.717, 1.165) is 10.2 Å². The van der Waals surface area contributed by atoms with Crippen LogP contribution in [0.2, 0.25) is 0 Å². The monoisotopic (exact) mass is 306 g/mol. The lowest BCUT2D eigenvalue weighted by Crippen LogP contribution is -2.19. The summed E-state index contributed by atoms with van der Waals surface area (Å²) in [7, 11) is 0. The van der Waals surface area contributed by atoms with Gasteiger partial charge in [0.25, 0.3) is 0 Å². The third-order valence-corrected chi connectivity index (χ3v) is 3.49. The van der Waals surface area contributed by atoms with Crippen LogP contribution in [-0.4, -0.2) is 10.1 Å². The van der Waals surface area contributed by atoms with Crippen molar-refractivity contribution in [2.75, 3.05) is 0 Å². The molecule has 1 heterocycles. The zero-order valence-corrected chi connectivity index (χ0v) is 11.7. The maximum Gasteiger partial charge on any atom is 0.133 e. The third-order valence-electron chi connectivity index (χ3n) is 2.77. The summed E-state index contributed by atoms with van der Waals surface area (Å²) in [5.41, 5.74) is 2.13. The Hall–Kier alpha value is -1.39. The van der Waals surface area contributed by atoms with Crippen molar-refractivity contribution in [1.29, 1.82) is 0 Å². The van der Waals surface area contributed by atoms with Crippen LogP contribution < -0.4 is 5.32 Å². The standard InChI is InChI=1S/C14H15BrN2O/c1-10(13-4-2-3-5-14(13)15)16-8-11-6-7-12(18)9-17-11/h2-7,9-10,16,18H,8H2,1H3/t10-/m0/s1. The first kappa shape index (κ1) is 13.1. The normalized spacial score (nSPS) is 12.3. The maximum atomic E-state index is 9.16. The molecule has 1 aromatic carbocycles. The van der Waals surface area contributed by atoms with Gasteiger partial charge in [0.05, 0.1) is 11.9 Å². The molecule has 0 radical (unpaired) electrons. The van der Waals surface area contributed by atoms with Gasteiger partial charge in [-0.1, -0.05) is 34.1 Å². The number of aromatic hydroxyl groups is 1.